The summed E-state index contributed by atoms with van der Waals surface area (Å²) in [5.74, 6) is 0.313. The first kappa shape index (κ1) is 12.7. The number of nitrogens with one attached hydrogen (secondary N) is 1. The van der Waals surface area contributed by atoms with Gasteiger partial charge in [-0.25, -0.2) is 0 Å². The van der Waals surface area contributed by atoms with Crippen LogP contribution in [0.2, 0.25) is 0 Å². The van der Waals surface area contributed by atoms with E-state index >= 15 is 0 Å². The molecule has 0 aliphatic carbocycles. The molecular weight excluding hydrogens is 232 g/mol. The second-order valence-electron chi connectivity index (χ2n) is 4.49. The van der Waals surface area contributed by atoms with Crippen LogP contribution in [0.3, 0.4) is 0 Å². The van der Waals surface area contributed by atoms with E-state index in [2.05, 4.69) is 5.32 Å². The van der Waals surface area contributed by atoms with Gasteiger partial charge in [0.05, 0.1) is 7.11 Å². The molecular formula is C13H18N2O3. The van der Waals surface area contributed by atoms with Crippen LogP contribution in [0.4, 0.5) is 0 Å². The molecule has 18 heavy (non-hydrogen) atoms. The van der Waals surface area contributed by atoms with Crippen LogP contribution in [-0.2, 0) is 0 Å². The Morgan fingerprint density at radius 2 is 2.33 bits per heavy atom. The van der Waals surface area contributed by atoms with Crippen molar-refractivity contribution in [3.8, 4) is 11.5 Å². The molecule has 0 saturated carbocycles. The molecule has 2 N–H and O–H groups in total. The Morgan fingerprint density at radius 1 is 1.56 bits per heavy atom. The van der Waals surface area contributed by atoms with E-state index in [-0.39, 0.29) is 11.7 Å². The van der Waals surface area contributed by atoms with Crippen LogP contribution in [0.25, 0.3) is 0 Å². The highest BCUT2D eigenvalue weighted by Crippen LogP contribution is 2.26. The number of phenolic OH excluding ortho intramolecular Hbond substituents is 1. The highest BCUT2D eigenvalue weighted by Gasteiger charge is 2.22. The number of carbonyl (C=O) groups is 1. The van der Waals surface area contributed by atoms with E-state index in [0.29, 0.717) is 30.4 Å². The summed E-state index contributed by atoms with van der Waals surface area (Å²) in [5.41, 5.74) is 0.488. The van der Waals surface area contributed by atoms with E-state index in [0.717, 1.165) is 6.54 Å². The molecule has 1 aromatic rings. The number of carbonyl (C=O) groups excluding carboxylic acids is 1. The molecule has 0 spiro atoms. The van der Waals surface area contributed by atoms with Crippen LogP contribution in [0.5, 0.6) is 11.5 Å². The van der Waals surface area contributed by atoms with Crippen molar-refractivity contribution in [2.24, 2.45) is 0 Å². The molecule has 1 saturated heterocycles. The summed E-state index contributed by atoms with van der Waals surface area (Å²) < 4.78 is 4.96. The molecule has 0 unspecified atom stereocenters. The molecule has 5 heteroatoms. The molecule has 98 valence electrons. The summed E-state index contributed by atoms with van der Waals surface area (Å²) in [4.78, 5) is 14.0. The first-order chi connectivity index (χ1) is 8.61. The van der Waals surface area contributed by atoms with Gasteiger partial charge in [0.25, 0.3) is 5.91 Å². The van der Waals surface area contributed by atoms with Crippen molar-refractivity contribution in [3.05, 3.63) is 23.8 Å². The fourth-order valence-corrected chi connectivity index (χ4v) is 2.12. The third kappa shape index (κ3) is 2.56. The minimum Gasteiger partial charge on any atom is -0.504 e. The maximum atomic E-state index is 12.2. The highest BCUT2D eigenvalue weighted by molar-refractivity contribution is 5.95. The molecule has 5 nitrogen and oxygen atoms in total. The molecule has 0 bridgehead atoms. The molecule has 1 heterocycles. The maximum Gasteiger partial charge on any atom is 0.254 e. The third-order valence-electron chi connectivity index (χ3n) is 3.08. The lowest BCUT2D eigenvalue weighted by molar-refractivity contribution is 0.0708. The van der Waals surface area contributed by atoms with Crippen LogP contribution in [0.15, 0.2) is 18.2 Å². The Balaban J connectivity index is 2.15. The molecule has 1 aromatic carbocycles. The van der Waals surface area contributed by atoms with Gasteiger partial charge in [0.15, 0.2) is 11.5 Å². The average molecular weight is 250 g/mol. The van der Waals surface area contributed by atoms with Crippen molar-refractivity contribution < 1.29 is 14.6 Å². The number of hydrogen-bond donors (Lipinski definition) is 2. The number of rotatable bonds is 2. The summed E-state index contributed by atoms with van der Waals surface area (Å²) in [6.45, 7) is 4.22. The zero-order valence-corrected chi connectivity index (χ0v) is 10.6. The average Bonchev–Trinajstić information content (AvgIpc) is 2.37. The fourth-order valence-electron chi connectivity index (χ4n) is 2.12. The van der Waals surface area contributed by atoms with Crippen LogP contribution in [0, 0.1) is 0 Å². The van der Waals surface area contributed by atoms with Crippen molar-refractivity contribution >= 4 is 5.91 Å². The highest BCUT2D eigenvalue weighted by atomic mass is 16.5. The van der Waals surface area contributed by atoms with E-state index in [1.54, 1.807) is 17.0 Å². The zero-order valence-electron chi connectivity index (χ0n) is 10.6. The molecule has 1 fully saturated rings. The molecule has 0 radical (unpaired) electrons. The lowest BCUT2D eigenvalue weighted by atomic mass is 10.1. The van der Waals surface area contributed by atoms with Crippen LogP contribution in [-0.4, -0.2) is 48.7 Å². The summed E-state index contributed by atoms with van der Waals surface area (Å²) in [6, 6.07) is 5.03. The van der Waals surface area contributed by atoms with Gasteiger partial charge in [-0.1, -0.05) is 0 Å². The fraction of sp³-hybridized carbons (Fsp3) is 0.462. The number of hydrogen-bond acceptors (Lipinski definition) is 4. The number of ether oxygens (including phenoxy) is 1. The normalized spacial score (nSPS) is 19.7. The van der Waals surface area contributed by atoms with E-state index in [1.807, 2.05) is 6.92 Å². The van der Waals surface area contributed by atoms with E-state index in [4.69, 9.17) is 4.74 Å². The Morgan fingerprint density at radius 3 is 2.94 bits per heavy atom. The van der Waals surface area contributed by atoms with Gasteiger partial charge < -0.3 is 20.1 Å². The summed E-state index contributed by atoms with van der Waals surface area (Å²) in [6.07, 6.45) is 0. The van der Waals surface area contributed by atoms with Crippen molar-refractivity contribution in [1.82, 2.24) is 10.2 Å². The monoisotopic (exact) mass is 250 g/mol. The SMILES string of the molecule is COc1ccc(C(=O)N2CCN[C@@H](C)C2)cc1O. The zero-order chi connectivity index (χ0) is 13.1. The van der Waals surface area contributed by atoms with Gasteiger partial charge in [-0.05, 0) is 25.1 Å². The van der Waals surface area contributed by atoms with E-state index in [9.17, 15) is 9.90 Å². The predicted octanol–water partition coefficient (Wildman–Crippen LogP) is 0.835. The van der Waals surface area contributed by atoms with Crippen molar-refractivity contribution in [2.45, 2.75) is 13.0 Å². The van der Waals surface area contributed by atoms with Crippen LogP contribution in [0.1, 0.15) is 17.3 Å². The number of nitrogens with zero attached hydrogens (tertiary/aromatic N) is 1. The van der Waals surface area contributed by atoms with Crippen LogP contribution >= 0.6 is 0 Å². The molecule has 0 aromatic heterocycles. The topological polar surface area (TPSA) is 61.8 Å². The number of phenols is 1. The van der Waals surface area contributed by atoms with Gasteiger partial charge in [-0.3, -0.25) is 4.79 Å². The maximum absolute atomic E-state index is 12.2. The van der Waals surface area contributed by atoms with E-state index < -0.39 is 0 Å². The van der Waals surface area contributed by atoms with Crippen LogP contribution < -0.4 is 10.1 Å². The number of amides is 1. The van der Waals surface area contributed by atoms with Crippen molar-refractivity contribution in [1.29, 1.82) is 0 Å². The molecule has 1 aliphatic heterocycles. The quantitative estimate of drug-likeness (QED) is 0.816. The molecule has 1 amide bonds. The third-order valence-corrected chi connectivity index (χ3v) is 3.08. The molecule has 1 atom stereocenters. The first-order valence-corrected chi connectivity index (χ1v) is 6.01. The van der Waals surface area contributed by atoms with Gasteiger partial charge in [0, 0.05) is 31.2 Å². The second kappa shape index (κ2) is 5.27. The first-order valence-electron chi connectivity index (χ1n) is 6.01. The molecule has 2 rings (SSSR count). The summed E-state index contributed by atoms with van der Waals surface area (Å²) in [7, 11) is 1.48. The van der Waals surface area contributed by atoms with E-state index in [1.165, 1.54) is 13.2 Å². The van der Waals surface area contributed by atoms with Gasteiger partial charge in [-0.15, -0.1) is 0 Å². The van der Waals surface area contributed by atoms with Gasteiger partial charge in [0.1, 0.15) is 0 Å². The van der Waals surface area contributed by atoms with Crippen molar-refractivity contribution in [2.75, 3.05) is 26.7 Å². The second-order valence-corrected chi connectivity index (χ2v) is 4.49. The van der Waals surface area contributed by atoms with Gasteiger partial charge >= 0.3 is 0 Å². The predicted molar refractivity (Wildman–Crippen MR) is 68.0 cm³/mol. The minimum absolute atomic E-state index is 0.00784. The van der Waals surface area contributed by atoms with Gasteiger partial charge in [-0.2, -0.15) is 0 Å². The Kier molecular flexibility index (Phi) is 3.72. The standard InChI is InChI=1S/C13H18N2O3/c1-9-8-15(6-5-14-9)13(17)10-3-4-12(18-2)11(16)7-10/h3-4,7,9,14,16H,5-6,8H2,1-2H3/t9-/m0/s1. The summed E-state index contributed by atoms with van der Waals surface area (Å²) >= 11 is 0. The van der Waals surface area contributed by atoms with Crippen molar-refractivity contribution in [3.63, 3.8) is 0 Å². The summed E-state index contributed by atoms with van der Waals surface area (Å²) in [5, 5.41) is 13.0. The lowest BCUT2D eigenvalue weighted by Crippen LogP contribution is -2.51. The Hall–Kier alpha value is -1.75. The largest absolute Gasteiger partial charge is 0.504 e. The smallest absolute Gasteiger partial charge is 0.254 e. The Labute approximate surface area is 106 Å². The molecule has 1 aliphatic rings. The Bertz CT molecular complexity index is 448. The van der Waals surface area contributed by atoms with Gasteiger partial charge in [0.2, 0.25) is 0 Å². The number of piperazine rings is 1. The minimum atomic E-state index is -0.0543. The number of benzene rings is 1. The number of methoxy groups -OCH3 is 1. The lowest BCUT2D eigenvalue weighted by Gasteiger charge is -2.32. The number of aromatic hydroxyl groups is 1.